The van der Waals surface area contributed by atoms with E-state index in [1.165, 1.54) is 0 Å². The van der Waals surface area contributed by atoms with E-state index in [1.807, 2.05) is 24.1 Å². The van der Waals surface area contributed by atoms with E-state index in [2.05, 4.69) is 0 Å². The fourth-order valence-electron chi connectivity index (χ4n) is 1.69. The van der Waals surface area contributed by atoms with Gasteiger partial charge < -0.3 is 14.7 Å². The molecule has 0 aromatic heterocycles. The lowest BCUT2D eigenvalue weighted by atomic mass is 10.2. The van der Waals surface area contributed by atoms with E-state index in [-0.39, 0.29) is 5.92 Å². The minimum Gasteiger partial charge on any atom is -0.494 e. The van der Waals surface area contributed by atoms with Gasteiger partial charge in [0.05, 0.1) is 12.5 Å². The van der Waals surface area contributed by atoms with Crippen molar-refractivity contribution in [3.63, 3.8) is 0 Å². The van der Waals surface area contributed by atoms with Crippen LogP contribution in [0.5, 0.6) is 5.75 Å². The molecule has 1 aromatic carbocycles. The maximum absolute atomic E-state index is 10.7. The topological polar surface area (TPSA) is 49.8 Å². The Labute approximate surface area is 118 Å². The maximum atomic E-state index is 10.7. The number of hydrogen-bond donors (Lipinski definition) is 1. The van der Waals surface area contributed by atoms with E-state index < -0.39 is 5.97 Å². The Hall–Kier alpha value is -1.26. The second-order valence-electron chi connectivity index (χ2n) is 4.66. The van der Waals surface area contributed by atoms with Crippen LogP contribution < -0.4 is 4.74 Å². The van der Waals surface area contributed by atoms with Gasteiger partial charge in [-0.2, -0.15) is 0 Å². The zero-order chi connectivity index (χ0) is 14.3. The summed E-state index contributed by atoms with van der Waals surface area (Å²) in [7, 11) is 1.92. The lowest BCUT2D eigenvalue weighted by Gasteiger charge is -2.18. The predicted octanol–water partition coefficient (Wildman–Crippen LogP) is 2.76. The van der Waals surface area contributed by atoms with Crippen LogP contribution in [-0.4, -0.2) is 42.7 Å². The zero-order valence-corrected chi connectivity index (χ0v) is 12.1. The monoisotopic (exact) mass is 285 g/mol. The van der Waals surface area contributed by atoms with Gasteiger partial charge in [-0.05, 0) is 37.7 Å². The third kappa shape index (κ3) is 6.45. The Morgan fingerprint density at radius 3 is 2.63 bits per heavy atom. The third-order valence-electron chi connectivity index (χ3n) is 2.77. The van der Waals surface area contributed by atoms with Crippen molar-refractivity contribution in [3.05, 3.63) is 29.3 Å². The molecule has 0 heterocycles. The van der Waals surface area contributed by atoms with E-state index in [0.29, 0.717) is 18.2 Å². The predicted molar refractivity (Wildman–Crippen MR) is 75.9 cm³/mol. The number of rotatable bonds is 8. The summed E-state index contributed by atoms with van der Waals surface area (Å²) in [6.45, 7) is 3.68. The van der Waals surface area contributed by atoms with Crippen molar-refractivity contribution in [3.8, 4) is 5.75 Å². The van der Waals surface area contributed by atoms with Crippen LogP contribution in [0.15, 0.2) is 24.3 Å². The van der Waals surface area contributed by atoms with E-state index in [9.17, 15) is 4.79 Å². The molecule has 0 amide bonds. The first-order valence-corrected chi connectivity index (χ1v) is 6.66. The summed E-state index contributed by atoms with van der Waals surface area (Å²) in [6, 6.07) is 7.24. The fourth-order valence-corrected chi connectivity index (χ4v) is 1.82. The van der Waals surface area contributed by atoms with Crippen LogP contribution in [0.4, 0.5) is 0 Å². The van der Waals surface area contributed by atoms with Gasteiger partial charge in [0.25, 0.3) is 0 Å². The Morgan fingerprint density at radius 2 is 2.05 bits per heavy atom. The second-order valence-corrected chi connectivity index (χ2v) is 5.09. The molecule has 4 nitrogen and oxygen atoms in total. The average Bonchev–Trinajstić information content (AvgIpc) is 2.36. The number of carboxylic acid groups (broad SMARTS) is 1. The molecule has 1 N–H and O–H groups in total. The van der Waals surface area contributed by atoms with Gasteiger partial charge in [-0.25, -0.2) is 0 Å². The zero-order valence-electron chi connectivity index (χ0n) is 11.3. The molecule has 5 heteroatoms. The number of aliphatic carboxylic acids is 1. The van der Waals surface area contributed by atoms with Crippen LogP contribution in [0, 0.1) is 5.92 Å². The van der Waals surface area contributed by atoms with Gasteiger partial charge in [0.15, 0.2) is 0 Å². The highest BCUT2D eigenvalue weighted by atomic mass is 35.5. The molecule has 0 saturated carbocycles. The highest BCUT2D eigenvalue weighted by Crippen LogP contribution is 2.15. The maximum Gasteiger partial charge on any atom is 0.307 e. The molecule has 1 unspecified atom stereocenters. The second kappa shape index (κ2) is 8.02. The van der Waals surface area contributed by atoms with Crippen molar-refractivity contribution >= 4 is 17.6 Å². The van der Waals surface area contributed by atoms with Crippen molar-refractivity contribution in [1.29, 1.82) is 0 Å². The molecule has 0 bridgehead atoms. The number of hydrogen-bond acceptors (Lipinski definition) is 3. The number of nitrogens with zero attached hydrogens (tertiary/aromatic N) is 1. The Kier molecular flexibility index (Phi) is 6.67. The summed E-state index contributed by atoms with van der Waals surface area (Å²) >= 11 is 5.78. The van der Waals surface area contributed by atoms with Crippen LogP contribution >= 0.6 is 11.6 Å². The number of halogens is 1. The number of carboxylic acids is 1. The molecular weight excluding hydrogens is 266 g/mol. The molecule has 106 valence electrons. The van der Waals surface area contributed by atoms with E-state index >= 15 is 0 Å². The normalized spacial score (nSPS) is 12.4. The van der Waals surface area contributed by atoms with Crippen molar-refractivity contribution in [2.45, 2.75) is 13.3 Å². The molecule has 1 atom stereocenters. The quantitative estimate of drug-likeness (QED) is 0.746. The van der Waals surface area contributed by atoms with Gasteiger partial charge in [0.1, 0.15) is 5.75 Å². The first-order chi connectivity index (χ1) is 8.99. The average molecular weight is 286 g/mol. The lowest BCUT2D eigenvalue weighted by Crippen LogP contribution is -2.30. The summed E-state index contributed by atoms with van der Waals surface area (Å²) in [4.78, 5) is 12.7. The molecule has 0 radical (unpaired) electrons. The third-order valence-corrected chi connectivity index (χ3v) is 3.03. The van der Waals surface area contributed by atoms with Crippen molar-refractivity contribution < 1.29 is 14.6 Å². The minimum absolute atomic E-state index is 0.345. The lowest BCUT2D eigenvalue weighted by molar-refractivity contribution is -0.141. The van der Waals surface area contributed by atoms with Crippen molar-refractivity contribution in [1.82, 2.24) is 4.90 Å². The number of carbonyl (C=O) groups is 1. The summed E-state index contributed by atoms with van der Waals surface area (Å²) in [6.07, 6.45) is 0.853. The van der Waals surface area contributed by atoms with Gasteiger partial charge in [0, 0.05) is 18.1 Å². The van der Waals surface area contributed by atoms with Crippen LogP contribution in [0.3, 0.4) is 0 Å². The standard InChI is InChI=1S/C14H20ClNO3/c1-11(14(17)18)10-16(2)8-3-9-19-13-6-4-12(15)5-7-13/h4-7,11H,3,8-10H2,1-2H3,(H,17,18). The molecule has 0 saturated heterocycles. The Morgan fingerprint density at radius 1 is 1.42 bits per heavy atom. The molecule has 1 rings (SSSR count). The largest absolute Gasteiger partial charge is 0.494 e. The van der Waals surface area contributed by atoms with E-state index in [0.717, 1.165) is 18.7 Å². The fraction of sp³-hybridized carbons (Fsp3) is 0.500. The van der Waals surface area contributed by atoms with Crippen LogP contribution in [0.2, 0.25) is 5.02 Å². The molecule has 0 aliphatic heterocycles. The highest BCUT2D eigenvalue weighted by molar-refractivity contribution is 6.30. The summed E-state index contributed by atoms with van der Waals surface area (Å²) < 4.78 is 5.56. The highest BCUT2D eigenvalue weighted by Gasteiger charge is 2.12. The molecule has 19 heavy (non-hydrogen) atoms. The molecule has 0 spiro atoms. The summed E-state index contributed by atoms with van der Waals surface area (Å²) in [5.74, 6) is -0.308. The first-order valence-electron chi connectivity index (χ1n) is 6.28. The smallest absolute Gasteiger partial charge is 0.307 e. The van der Waals surface area contributed by atoms with Gasteiger partial charge in [-0.1, -0.05) is 18.5 Å². The van der Waals surface area contributed by atoms with Crippen LogP contribution in [0.1, 0.15) is 13.3 Å². The van der Waals surface area contributed by atoms with Crippen molar-refractivity contribution in [2.24, 2.45) is 5.92 Å². The molecule has 0 aliphatic carbocycles. The van der Waals surface area contributed by atoms with Gasteiger partial charge in [-0.15, -0.1) is 0 Å². The van der Waals surface area contributed by atoms with Crippen LogP contribution in [-0.2, 0) is 4.79 Å². The van der Waals surface area contributed by atoms with E-state index in [1.54, 1.807) is 19.1 Å². The van der Waals surface area contributed by atoms with Crippen molar-refractivity contribution in [2.75, 3.05) is 26.7 Å². The van der Waals surface area contributed by atoms with Crippen LogP contribution in [0.25, 0.3) is 0 Å². The summed E-state index contributed by atoms with van der Waals surface area (Å²) in [5, 5.41) is 9.50. The molecule has 0 aliphatic rings. The SMILES string of the molecule is CC(CN(C)CCCOc1ccc(Cl)cc1)C(=O)O. The van der Waals surface area contributed by atoms with Gasteiger partial charge >= 0.3 is 5.97 Å². The molecular formula is C14H20ClNO3. The van der Waals surface area contributed by atoms with E-state index in [4.69, 9.17) is 21.4 Å². The number of benzene rings is 1. The molecule has 1 aromatic rings. The first kappa shape index (κ1) is 15.8. The minimum atomic E-state index is -0.760. The summed E-state index contributed by atoms with van der Waals surface area (Å²) in [5.41, 5.74) is 0. The Bertz CT molecular complexity index is 394. The number of ether oxygens (including phenoxy) is 1. The Balaban J connectivity index is 2.16. The van der Waals surface area contributed by atoms with Gasteiger partial charge in [-0.3, -0.25) is 4.79 Å². The van der Waals surface area contributed by atoms with Gasteiger partial charge in [0.2, 0.25) is 0 Å². The molecule has 0 fully saturated rings.